The summed E-state index contributed by atoms with van der Waals surface area (Å²) in [6.07, 6.45) is 1.51. The van der Waals surface area contributed by atoms with E-state index in [2.05, 4.69) is 4.98 Å². The lowest BCUT2D eigenvalue weighted by atomic mass is 9.95. The molecule has 2 heterocycles. The van der Waals surface area contributed by atoms with Crippen LogP contribution in [0.1, 0.15) is 12.5 Å². The Bertz CT molecular complexity index is 926. The van der Waals surface area contributed by atoms with Gasteiger partial charge in [0.25, 0.3) is 0 Å². The lowest BCUT2D eigenvalue weighted by Gasteiger charge is -2.18. The van der Waals surface area contributed by atoms with E-state index in [9.17, 15) is 14.7 Å². The zero-order chi connectivity index (χ0) is 15.2. The van der Waals surface area contributed by atoms with E-state index >= 15 is 0 Å². The fourth-order valence-electron chi connectivity index (χ4n) is 2.12. The highest BCUT2D eigenvalue weighted by Gasteiger charge is 2.32. The van der Waals surface area contributed by atoms with E-state index in [0.717, 1.165) is 6.92 Å². The molecule has 2 N–H and O–H groups in total. The molecular weight excluding hydrogens is 274 g/mol. The minimum absolute atomic E-state index is 0.109. The van der Waals surface area contributed by atoms with Gasteiger partial charge in [0.2, 0.25) is 11.1 Å². The van der Waals surface area contributed by atoms with E-state index in [1.54, 1.807) is 12.1 Å². The molecular formula is C15H11NO5. The Morgan fingerprint density at radius 1 is 1.29 bits per heavy atom. The van der Waals surface area contributed by atoms with Gasteiger partial charge in [0, 0.05) is 6.20 Å². The van der Waals surface area contributed by atoms with Crippen LogP contribution in [-0.2, 0) is 10.4 Å². The minimum atomic E-state index is -2.08. The van der Waals surface area contributed by atoms with Crippen molar-refractivity contribution in [2.24, 2.45) is 0 Å². The highest BCUT2D eigenvalue weighted by atomic mass is 16.4. The van der Waals surface area contributed by atoms with E-state index in [4.69, 9.17) is 9.52 Å². The predicted molar refractivity (Wildman–Crippen MR) is 75.0 cm³/mol. The van der Waals surface area contributed by atoms with E-state index in [-0.39, 0.29) is 27.7 Å². The Balaban J connectivity index is 2.37. The molecule has 0 aliphatic carbocycles. The number of pyridine rings is 1. The molecule has 21 heavy (non-hydrogen) atoms. The second kappa shape index (κ2) is 4.39. The average molecular weight is 285 g/mol. The maximum Gasteiger partial charge on any atom is 0.340 e. The summed E-state index contributed by atoms with van der Waals surface area (Å²) >= 11 is 0. The van der Waals surface area contributed by atoms with Crippen LogP contribution in [0.3, 0.4) is 0 Å². The molecule has 0 fully saturated rings. The number of nitrogens with zero attached hydrogens (tertiary/aromatic N) is 1. The number of carbonyl (C=O) groups is 1. The first-order valence-corrected chi connectivity index (χ1v) is 6.19. The highest BCUT2D eigenvalue weighted by molar-refractivity contribution is 5.89. The maximum absolute atomic E-state index is 12.4. The van der Waals surface area contributed by atoms with Crippen LogP contribution in [0.2, 0.25) is 0 Å². The van der Waals surface area contributed by atoms with Gasteiger partial charge in [-0.05, 0) is 36.8 Å². The molecule has 2 aromatic heterocycles. The standard InChI is InChI=1S/C15H11NO5/c1-15(20,14(18)19)8-4-5-11-10(7-8)12(17)9-3-2-6-16-13(9)21-11/h2-7,20H,1H3,(H,18,19). The molecule has 0 aliphatic heterocycles. The average Bonchev–Trinajstić information content (AvgIpc) is 2.47. The van der Waals surface area contributed by atoms with Crippen molar-refractivity contribution in [1.82, 2.24) is 4.98 Å². The number of aliphatic hydroxyl groups is 1. The van der Waals surface area contributed by atoms with Crippen LogP contribution in [0.15, 0.2) is 45.7 Å². The van der Waals surface area contributed by atoms with Crippen LogP contribution in [0.4, 0.5) is 0 Å². The van der Waals surface area contributed by atoms with Gasteiger partial charge in [-0.3, -0.25) is 4.79 Å². The summed E-state index contributed by atoms with van der Waals surface area (Å²) in [5.41, 5.74) is -1.78. The normalized spacial score (nSPS) is 14.2. The zero-order valence-corrected chi connectivity index (χ0v) is 11.0. The molecule has 0 bridgehead atoms. The van der Waals surface area contributed by atoms with E-state index < -0.39 is 11.6 Å². The Kier molecular flexibility index (Phi) is 2.77. The fraction of sp³-hybridized carbons (Fsp3) is 0.133. The predicted octanol–water partition coefficient (Wildman–Crippen LogP) is 1.63. The number of hydrogen-bond acceptors (Lipinski definition) is 5. The van der Waals surface area contributed by atoms with Crippen LogP contribution in [0.25, 0.3) is 22.1 Å². The molecule has 0 aliphatic rings. The summed E-state index contributed by atoms with van der Waals surface area (Å²) in [6, 6.07) is 7.39. The second-order valence-electron chi connectivity index (χ2n) is 4.88. The molecule has 3 aromatic rings. The number of hydrogen-bond donors (Lipinski definition) is 2. The van der Waals surface area contributed by atoms with Crippen LogP contribution >= 0.6 is 0 Å². The lowest BCUT2D eigenvalue weighted by molar-refractivity contribution is -0.157. The zero-order valence-electron chi connectivity index (χ0n) is 11.0. The number of carboxylic acids is 1. The van der Waals surface area contributed by atoms with Crippen LogP contribution in [-0.4, -0.2) is 21.2 Å². The quantitative estimate of drug-likeness (QED) is 0.694. The second-order valence-corrected chi connectivity index (χ2v) is 4.88. The summed E-state index contributed by atoms with van der Waals surface area (Å²) in [5.74, 6) is -1.39. The first-order valence-electron chi connectivity index (χ1n) is 6.19. The van der Waals surface area contributed by atoms with Crippen molar-refractivity contribution in [1.29, 1.82) is 0 Å². The minimum Gasteiger partial charge on any atom is -0.479 e. The number of carboxylic acid groups (broad SMARTS) is 1. The van der Waals surface area contributed by atoms with Gasteiger partial charge < -0.3 is 14.6 Å². The topological polar surface area (TPSA) is 101 Å². The molecule has 106 valence electrons. The first-order chi connectivity index (χ1) is 9.91. The van der Waals surface area contributed by atoms with E-state index in [1.807, 2.05) is 0 Å². The molecule has 1 aromatic carbocycles. The van der Waals surface area contributed by atoms with Crippen molar-refractivity contribution in [3.05, 3.63) is 52.3 Å². The number of aliphatic carboxylic acids is 1. The summed E-state index contributed by atoms with van der Waals surface area (Å²) in [4.78, 5) is 27.5. The Hall–Kier alpha value is -2.73. The van der Waals surface area contributed by atoms with Gasteiger partial charge in [-0.2, -0.15) is 0 Å². The monoisotopic (exact) mass is 285 g/mol. The maximum atomic E-state index is 12.4. The molecule has 6 heteroatoms. The Morgan fingerprint density at radius 2 is 2.05 bits per heavy atom. The van der Waals surface area contributed by atoms with Crippen LogP contribution in [0.5, 0.6) is 0 Å². The van der Waals surface area contributed by atoms with Crippen LogP contribution in [0, 0.1) is 0 Å². The van der Waals surface area contributed by atoms with Crippen molar-refractivity contribution >= 4 is 28.0 Å². The van der Waals surface area contributed by atoms with E-state index in [1.165, 1.54) is 24.4 Å². The summed E-state index contributed by atoms with van der Waals surface area (Å²) < 4.78 is 5.51. The van der Waals surface area contributed by atoms with Gasteiger partial charge in [-0.1, -0.05) is 6.07 Å². The number of aromatic nitrogens is 1. The molecule has 0 amide bonds. The number of rotatable bonds is 2. The van der Waals surface area contributed by atoms with Crippen molar-refractivity contribution < 1.29 is 19.4 Å². The Morgan fingerprint density at radius 3 is 2.76 bits per heavy atom. The van der Waals surface area contributed by atoms with Crippen molar-refractivity contribution in [3.63, 3.8) is 0 Å². The number of fused-ring (bicyclic) bond motifs is 2. The summed E-state index contributed by atoms with van der Waals surface area (Å²) in [6.45, 7) is 1.15. The lowest BCUT2D eigenvalue weighted by Crippen LogP contribution is -2.31. The van der Waals surface area contributed by atoms with Crippen molar-refractivity contribution in [2.75, 3.05) is 0 Å². The molecule has 1 atom stereocenters. The fourth-order valence-corrected chi connectivity index (χ4v) is 2.12. The molecule has 0 saturated heterocycles. The van der Waals surface area contributed by atoms with Gasteiger partial charge in [0.05, 0.1) is 10.8 Å². The smallest absolute Gasteiger partial charge is 0.340 e. The molecule has 6 nitrogen and oxygen atoms in total. The van der Waals surface area contributed by atoms with Gasteiger partial charge in [0.15, 0.2) is 5.60 Å². The van der Waals surface area contributed by atoms with Gasteiger partial charge >= 0.3 is 5.97 Å². The van der Waals surface area contributed by atoms with Gasteiger partial charge in [-0.25, -0.2) is 9.78 Å². The van der Waals surface area contributed by atoms with Crippen LogP contribution < -0.4 is 5.43 Å². The number of benzene rings is 1. The molecule has 1 unspecified atom stereocenters. The third kappa shape index (κ3) is 1.96. The molecule has 0 radical (unpaired) electrons. The molecule has 0 saturated carbocycles. The third-order valence-corrected chi connectivity index (χ3v) is 3.43. The SMILES string of the molecule is CC(O)(C(=O)O)c1ccc2oc3ncccc3c(=O)c2c1. The Labute approximate surface area is 118 Å². The van der Waals surface area contributed by atoms with Crippen molar-refractivity contribution in [3.8, 4) is 0 Å². The van der Waals surface area contributed by atoms with Gasteiger partial charge in [-0.15, -0.1) is 0 Å². The van der Waals surface area contributed by atoms with E-state index in [0.29, 0.717) is 5.39 Å². The highest BCUT2D eigenvalue weighted by Crippen LogP contribution is 2.25. The third-order valence-electron chi connectivity index (χ3n) is 3.43. The molecule has 3 rings (SSSR count). The summed E-state index contributed by atoms with van der Waals surface area (Å²) in [5, 5.41) is 19.5. The first kappa shape index (κ1) is 13.3. The summed E-state index contributed by atoms with van der Waals surface area (Å²) in [7, 11) is 0. The van der Waals surface area contributed by atoms with Crippen molar-refractivity contribution in [2.45, 2.75) is 12.5 Å². The molecule has 0 spiro atoms. The largest absolute Gasteiger partial charge is 0.479 e. The van der Waals surface area contributed by atoms with Gasteiger partial charge in [0.1, 0.15) is 5.58 Å².